The van der Waals surface area contributed by atoms with E-state index in [9.17, 15) is 9.18 Å². The molecule has 0 aromatic heterocycles. The average Bonchev–Trinajstić information content (AvgIpc) is 2.58. The second-order valence-corrected chi connectivity index (χ2v) is 6.59. The maximum absolute atomic E-state index is 13.6. The molecule has 1 atom stereocenters. The molecule has 2 N–H and O–H groups in total. The van der Waals surface area contributed by atoms with Crippen LogP contribution >= 0.6 is 12.4 Å². The van der Waals surface area contributed by atoms with Crippen molar-refractivity contribution >= 4 is 24.0 Å². The number of amides is 1. The van der Waals surface area contributed by atoms with E-state index in [0.717, 1.165) is 29.9 Å². The van der Waals surface area contributed by atoms with Gasteiger partial charge in [0.25, 0.3) is 0 Å². The molecule has 0 saturated carbocycles. The lowest BCUT2D eigenvalue weighted by Gasteiger charge is -2.36. The van der Waals surface area contributed by atoms with E-state index in [-0.39, 0.29) is 36.7 Å². The monoisotopic (exact) mass is 377 g/mol. The largest absolute Gasteiger partial charge is 0.325 e. The molecular formula is C20H25ClFN3O. The van der Waals surface area contributed by atoms with Gasteiger partial charge in [0, 0.05) is 31.4 Å². The summed E-state index contributed by atoms with van der Waals surface area (Å²) >= 11 is 0. The number of piperazine rings is 1. The van der Waals surface area contributed by atoms with Gasteiger partial charge < -0.3 is 10.6 Å². The maximum atomic E-state index is 13.6. The third-order valence-corrected chi connectivity index (χ3v) is 4.73. The minimum Gasteiger partial charge on any atom is -0.325 e. The predicted molar refractivity (Wildman–Crippen MR) is 105 cm³/mol. The van der Waals surface area contributed by atoms with Crippen LogP contribution in [0.5, 0.6) is 0 Å². The minimum atomic E-state index is -0.248. The number of carbonyl (C=O) groups excluding carboxylic acids is 1. The third-order valence-electron chi connectivity index (χ3n) is 4.73. The molecule has 1 aliphatic rings. The van der Waals surface area contributed by atoms with Crippen molar-refractivity contribution in [2.45, 2.75) is 19.9 Å². The van der Waals surface area contributed by atoms with E-state index in [2.05, 4.69) is 15.5 Å². The first kappa shape index (κ1) is 20.4. The molecule has 0 bridgehead atoms. The quantitative estimate of drug-likeness (QED) is 0.857. The molecule has 1 amide bonds. The second kappa shape index (κ2) is 9.12. The number of halogens is 2. The first-order valence-corrected chi connectivity index (χ1v) is 8.60. The van der Waals surface area contributed by atoms with Crippen LogP contribution in [-0.2, 0) is 4.79 Å². The zero-order valence-corrected chi connectivity index (χ0v) is 15.9. The van der Waals surface area contributed by atoms with Crippen molar-refractivity contribution in [2.24, 2.45) is 0 Å². The lowest BCUT2D eigenvalue weighted by molar-refractivity contribution is -0.118. The summed E-state index contributed by atoms with van der Waals surface area (Å²) < 4.78 is 13.6. The fourth-order valence-electron chi connectivity index (χ4n) is 3.18. The van der Waals surface area contributed by atoms with Crippen LogP contribution < -0.4 is 10.6 Å². The van der Waals surface area contributed by atoms with E-state index in [0.29, 0.717) is 6.54 Å². The van der Waals surface area contributed by atoms with Crippen LogP contribution in [0.4, 0.5) is 10.1 Å². The number of rotatable bonds is 4. The lowest BCUT2D eigenvalue weighted by Crippen LogP contribution is -2.48. The lowest BCUT2D eigenvalue weighted by atomic mass is 10.0. The Kier molecular flexibility index (Phi) is 7.14. The Morgan fingerprint density at radius 3 is 2.77 bits per heavy atom. The first-order valence-electron chi connectivity index (χ1n) is 8.60. The normalized spacial score (nSPS) is 17.4. The fraction of sp³-hybridized carbons (Fsp3) is 0.350. The van der Waals surface area contributed by atoms with Gasteiger partial charge in [0.2, 0.25) is 5.91 Å². The molecule has 1 fully saturated rings. The van der Waals surface area contributed by atoms with Gasteiger partial charge in [0.1, 0.15) is 5.82 Å². The van der Waals surface area contributed by atoms with Crippen LogP contribution in [0.1, 0.15) is 22.7 Å². The van der Waals surface area contributed by atoms with E-state index in [4.69, 9.17) is 0 Å². The Morgan fingerprint density at radius 1 is 1.23 bits per heavy atom. The summed E-state index contributed by atoms with van der Waals surface area (Å²) in [5.41, 5.74) is 4.06. The molecule has 0 spiro atoms. The number of hydrogen-bond donors (Lipinski definition) is 2. The molecule has 4 nitrogen and oxygen atoms in total. The zero-order chi connectivity index (χ0) is 17.8. The molecule has 0 aliphatic carbocycles. The van der Waals surface area contributed by atoms with E-state index in [1.54, 1.807) is 12.1 Å². The molecular weight excluding hydrogens is 353 g/mol. The van der Waals surface area contributed by atoms with Gasteiger partial charge in [-0.2, -0.15) is 0 Å². The number of aryl methyl sites for hydroxylation is 2. The van der Waals surface area contributed by atoms with Crippen molar-refractivity contribution in [1.82, 2.24) is 10.2 Å². The van der Waals surface area contributed by atoms with Gasteiger partial charge in [-0.05, 0) is 54.8 Å². The van der Waals surface area contributed by atoms with Gasteiger partial charge in [-0.25, -0.2) is 4.39 Å². The topological polar surface area (TPSA) is 44.4 Å². The van der Waals surface area contributed by atoms with E-state index in [1.165, 1.54) is 11.6 Å². The summed E-state index contributed by atoms with van der Waals surface area (Å²) in [7, 11) is 0. The van der Waals surface area contributed by atoms with Crippen LogP contribution in [0.25, 0.3) is 0 Å². The third kappa shape index (κ3) is 5.04. The Hall–Kier alpha value is -1.95. The van der Waals surface area contributed by atoms with Gasteiger partial charge in [-0.3, -0.25) is 9.69 Å². The molecule has 3 rings (SSSR count). The van der Waals surface area contributed by atoms with Crippen molar-refractivity contribution in [1.29, 1.82) is 0 Å². The average molecular weight is 378 g/mol. The summed E-state index contributed by atoms with van der Waals surface area (Å²) in [6.45, 7) is 6.65. The molecule has 2 aromatic carbocycles. The molecule has 1 aliphatic heterocycles. The highest BCUT2D eigenvalue weighted by molar-refractivity contribution is 5.92. The Balaban J connectivity index is 0.00000243. The van der Waals surface area contributed by atoms with E-state index < -0.39 is 0 Å². The van der Waals surface area contributed by atoms with Crippen molar-refractivity contribution in [2.75, 3.05) is 31.5 Å². The standard InChI is InChI=1S/C20H24FN3O.ClH/c1-14-6-7-18(10-15(14)2)23-20(25)13-24-9-8-22-12-19(24)16-4-3-5-17(21)11-16;/h3-7,10-11,19,22H,8-9,12-13H2,1-2H3,(H,23,25);1H. The molecule has 6 heteroatoms. The van der Waals surface area contributed by atoms with Gasteiger partial charge in [-0.1, -0.05) is 18.2 Å². The van der Waals surface area contributed by atoms with Crippen LogP contribution in [0, 0.1) is 19.7 Å². The summed E-state index contributed by atoms with van der Waals surface area (Å²) in [5.74, 6) is -0.297. The van der Waals surface area contributed by atoms with Gasteiger partial charge in [0.15, 0.2) is 0 Å². The summed E-state index contributed by atoms with van der Waals surface area (Å²) in [6, 6.07) is 12.5. The van der Waals surface area contributed by atoms with E-state index >= 15 is 0 Å². The number of nitrogens with one attached hydrogen (secondary N) is 2. The summed E-state index contributed by atoms with van der Waals surface area (Å²) in [6.07, 6.45) is 0. The van der Waals surface area contributed by atoms with Crippen LogP contribution in [-0.4, -0.2) is 37.0 Å². The van der Waals surface area contributed by atoms with Crippen molar-refractivity contribution in [3.05, 3.63) is 65.0 Å². The fourth-order valence-corrected chi connectivity index (χ4v) is 3.18. The number of benzene rings is 2. The highest BCUT2D eigenvalue weighted by atomic mass is 35.5. The first-order chi connectivity index (χ1) is 12.0. The maximum Gasteiger partial charge on any atom is 0.238 e. The highest BCUT2D eigenvalue weighted by Crippen LogP contribution is 2.23. The van der Waals surface area contributed by atoms with E-state index in [1.807, 2.05) is 38.1 Å². The second-order valence-electron chi connectivity index (χ2n) is 6.59. The van der Waals surface area contributed by atoms with Gasteiger partial charge in [-0.15, -0.1) is 12.4 Å². The molecule has 0 radical (unpaired) electrons. The number of carbonyl (C=O) groups is 1. The van der Waals surface area contributed by atoms with Crippen molar-refractivity contribution in [3.63, 3.8) is 0 Å². The van der Waals surface area contributed by atoms with Crippen molar-refractivity contribution in [3.8, 4) is 0 Å². The summed E-state index contributed by atoms with van der Waals surface area (Å²) in [4.78, 5) is 14.6. The van der Waals surface area contributed by atoms with Crippen molar-refractivity contribution < 1.29 is 9.18 Å². The Morgan fingerprint density at radius 2 is 2.04 bits per heavy atom. The summed E-state index contributed by atoms with van der Waals surface area (Å²) in [5, 5.41) is 6.29. The smallest absolute Gasteiger partial charge is 0.238 e. The van der Waals surface area contributed by atoms with Crippen LogP contribution in [0.2, 0.25) is 0 Å². The minimum absolute atomic E-state index is 0. The molecule has 2 aromatic rings. The molecule has 1 heterocycles. The number of anilines is 1. The van der Waals surface area contributed by atoms with Gasteiger partial charge in [0.05, 0.1) is 6.54 Å². The Labute approximate surface area is 160 Å². The molecule has 1 saturated heterocycles. The molecule has 140 valence electrons. The predicted octanol–water partition coefficient (Wildman–Crippen LogP) is 3.45. The zero-order valence-electron chi connectivity index (χ0n) is 15.1. The van der Waals surface area contributed by atoms with Crippen LogP contribution in [0.3, 0.4) is 0 Å². The Bertz CT molecular complexity index is 768. The molecule has 1 unspecified atom stereocenters. The highest BCUT2D eigenvalue weighted by Gasteiger charge is 2.25. The molecule has 26 heavy (non-hydrogen) atoms. The number of hydrogen-bond acceptors (Lipinski definition) is 3. The number of nitrogens with zero attached hydrogens (tertiary/aromatic N) is 1. The van der Waals surface area contributed by atoms with Crippen LogP contribution in [0.15, 0.2) is 42.5 Å². The van der Waals surface area contributed by atoms with Gasteiger partial charge >= 0.3 is 0 Å². The SMILES string of the molecule is Cc1ccc(NC(=O)CN2CCNCC2c2cccc(F)c2)cc1C.Cl.